The average Bonchev–Trinajstić information content (AvgIpc) is 2.48. The van der Waals surface area contributed by atoms with Gasteiger partial charge < -0.3 is 15.2 Å². The molecule has 0 aliphatic heterocycles. The van der Waals surface area contributed by atoms with Gasteiger partial charge in [-0.05, 0) is 31.1 Å². The number of hydrogen-bond acceptors (Lipinski definition) is 4. The van der Waals surface area contributed by atoms with E-state index in [4.69, 9.17) is 15.2 Å². The quantitative estimate of drug-likeness (QED) is 0.622. The standard InChI is InChI=1S/C14H25NO3.C2H6/c1-5-10-7-8-11(6-2)13(12(10)17-4)18-14(16)9(3)15;1-2/h10-13H,3,5-8,15H2,1-2,4H3;1-2H3. The molecule has 4 unspecified atom stereocenters. The van der Waals surface area contributed by atoms with Gasteiger partial charge in [0.2, 0.25) is 0 Å². The minimum atomic E-state index is -0.516. The summed E-state index contributed by atoms with van der Waals surface area (Å²) in [5, 5.41) is 0. The van der Waals surface area contributed by atoms with E-state index in [1.54, 1.807) is 7.11 Å². The zero-order valence-corrected chi connectivity index (χ0v) is 13.6. The van der Waals surface area contributed by atoms with Crippen molar-refractivity contribution in [3.8, 4) is 0 Å². The lowest BCUT2D eigenvalue weighted by molar-refractivity contribution is -0.166. The van der Waals surface area contributed by atoms with Gasteiger partial charge in [-0.25, -0.2) is 4.79 Å². The molecule has 1 saturated carbocycles. The lowest BCUT2D eigenvalue weighted by Gasteiger charge is -2.41. The highest BCUT2D eigenvalue weighted by molar-refractivity contribution is 5.86. The summed E-state index contributed by atoms with van der Waals surface area (Å²) >= 11 is 0. The Kier molecular flexibility index (Phi) is 9.30. The van der Waals surface area contributed by atoms with Crippen LogP contribution in [0.1, 0.15) is 53.4 Å². The van der Waals surface area contributed by atoms with Gasteiger partial charge >= 0.3 is 5.97 Å². The smallest absolute Gasteiger partial charge is 0.353 e. The fourth-order valence-electron chi connectivity index (χ4n) is 2.86. The van der Waals surface area contributed by atoms with E-state index in [9.17, 15) is 4.79 Å². The van der Waals surface area contributed by atoms with Gasteiger partial charge in [0.1, 0.15) is 11.8 Å². The predicted octanol–water partition coefficient (Wildman–Crippen LogP) is 3.26. The monoisotopic (exact) mass is 285 g/mol. The molecule has 1 aliphatic rings. The normalized spacial score (nSPS) is 29.1. The maximum atomic E-state index is 11.6. The Balaban J connectivity index is 0.00000172. The van der Waals surface area contributed by atoms with Crippen LogP contribution in [0.25, 0.3) is 0 Å². The van der Waals surface area contributed by atoms with Gasteiger partial charge in [0.05, 0.1) is 6.10 Å². The zero-order valence-electron chi connectivity index (χ0n) is 13.6. The Morgan fingerprint density at radius 1 is 1.15 bits per heavy atom. The van der Waals surface area contributed by atoms with Crippen molar-refractivity contribution in [2.75, 3.05) is 7.11 Å². The molecular weight excluding hydrogens is 254 g/mol. The average molecular weight is 285 g/mol. The highest BCUT2D eigenvalue weighted by Gasteiger charge is 2.40. The Hall–Kier alpha value is -1.03. The van der Waals surface area contributed by atoms with Crippen molar-refractivity contribution in [3.05, 3.63) is 12.3 Å². The van der Waals surface area contributed by atoms with Gasteiger partial charge in [-0.1, -0.05) is 40.7 Å². The molecule has 4 atom stereocenters. The van der Waals surface area contributed by atoms with E-state index in [0.29, 0.717) is 11.8 Å². The van der Waals surface area contributed by atoms with Gasteiger partial charge in [-0.2, -0.15) is 0 Å². The Morgan fingerprint density at radius 2 is 1.60 bits per heavy atom. The van der Waals surface area contributed by atoms with Crippen molar-refractivity contribution in [2.24, 2.45) is 17.6 Å². The van der Waals surface area contributed by atoms with E-state index in [1.807, 2.05) is 13.8 Å². The largest absolute Gasteiger partial charge is 0.455 e. The van der Waals surface area contributed by atoms with E-state index in [2.05, 4.69) is 20.4 Å². The molecule has 0 aromatic heterocycles. The molecule has 0 saturated heterocycles. The molecule has 0 aromatic rings. The van der Waals surface area contributed by atoms with Crippen molar-refractivity contribution in [2.45, 2.75) is 65.6 Å². The molecule has 0 aromatic carbocycles. The van der Waals surface area contributed by atoms with Gasteiger partial charge in [0.25, 0.3) is 0 Å². The molecule has 0 bridgehead atoms. The van der Waals surface area contributed by atoms with E-state index in [0.717, 1.165) is 25.7 Å². The van der Waals surface area contributed by atoms with E-state index in [1.165, 1.54) is 0 Å². The van der Waals surface area contributed by atoms with Crippen LogP contribution in [-0.2, 0) is 14.3 Å². The van der Waals surface area contributed by atoms with Crippen LogP contribution in [0.2, 0.25) is 0 Å². The Labute approximate surface area is 123 Å². The van der Waals surface area contributed by atoms with Crippen molar-refractivity contribution in [1.29, 1.82) is 0 Å². The number of carbonyl (C=O) groups excluding carboxylic acids is 1. The fraction of sp³-hybridized carbons (Fsp3) is 0.812. The van der Waals surface area contributed by atoms with Crippen LogP contribution in [-0.4, -0.2) is 25.3 Å². The third kappa shape index (κ3) is 4.82. The van der Waals surface area contributed by atoms with Crippen molar-refractivity contribution in [1.82, 2.24) is 0 Å². The second kappa shape index (κ2) is 9.81. The molecule has 1 fully saturated rings. The third-order valence-corrected chi connectivity index (χ3v) is 3.99. The van der Waals surface area contributed by atoms with Crippen LogP contribution < -0.4 is 5.73 Å². The lowest BCUT2D eigenvalue weighted by atomic mass is 9.75. The number of ether oxygens (including phenoxy) is 2. The van der Waals surface area contributed by atoms with Crippen molar-refractivity contribution >= 4 is 5.97 Å². The van der Waals surface area contributed by atoms with Crippen molar-refractivity contribution < 1.29 is 14.3 Å². The summed E-state index contributed by atoms with van der Waals surface area (Å²) in [7, 11) is 1.68. The fourth-order valence-corrected chi connectivity index (χ4v) is 2.86. The molecule has 4 heteroatoms. The summed E-state index contributed by atoms with van der Waals surface area (Å²) in [6, 6.07) is 0. The first-order chi connectivity index (χ1) is 9.54. The van der Waals surface area contributed by atoms with E-state index >= 15 is 0 Å². The van der Waals surface area contributed by atoms with Crippen LogP contribution in [0.3, 0.4) is 0 Å². The number of nitrogens with two attached hydrogens (primary N) is 1. The minimum absolute atomic E-state index is 0.0306. The molecule has 118 valence electrons. The summed E-state index contributed by atoms with van der Waals surface area (Å²) in [5.41, 5.74) is 5.34. The molecule has 1 rings (SSSR count). The summed E-state index contributed by atoms with van der Waals surface area (Å²) < 4.78 is 11.1. The predicted molar refractivity (Wildman–Crippen MR) is 82.1 cm³/mol. The molecule has 0 radical (unpaired) electrons. The summed E-state index contributed by atoms with van der Waals surface area (Å²) in [6.45, 7) is 11.7. The lowest BCUT2D eigenvalue weighted by Crippen LogP contribution is -2.47. The van der Waals surface area contributed by atoms with Crippen LogP contribution >= 0.6 is 0 Å². The molecule has 1 aliphatic carbocycles. The van der Waals surface area contributed by atoms with Crippen LogP contribution in [0, 0.1) is 11.8 Å². The maximum Gasteiger partial charge on any atom is 0.353 e. The molecule has 0 heterocycles. The topological polar surface area (TPSA) is 61.6 Å². The Morgan fingerprint density at radius 3 is 1.95 bits per heavy atom. The first-order valence-electron chi connectivity index (χ1n) is 7.73. The first-order valence-corrected chi connectivity index (χ1v) is 7.73. The number of methoxy groups -OCH3 is 1. The van der Waals surface area contributed by atoms with Gasteiger partial charge in [-0.3, -0.25) is 0 Å². The van der Waals surface area contributed by atoms with Crippen LogP contribution in [0.4, 0.5) is 0 Å². The molecule has 0 amide bonds. The minimum Gasteiger partial charge on any atom is -0.455 e. The highest BCUT2D eigenvalue weighted by atomic mass is 16.6. The summed E-state index contributed by atoms with van der Waals surface area (Å²) in [4.78, 5) is 11.6. The molecule has 2 N–H and O–H groups in total. The van der Waals surface area contributed by atoms with Gasteiger partial charge in [0, 0.05) is 7.11 Å². The van der Waals surface area contributed by atoms with Crippen molar-refractivity contribution in [3.63, 3.8) is 0 Å². The number of rotatable bonds is 5. The molecular formula is C16H31NO3. The molecule has 4 nitrogen and oxygen atoms in total. The van der Waals surface area contributed by atoms with Gasteiger partial charge in [0.15, 0.2) is 0 Å². The third-order valence-electron chi connectivity index (χ3n) is 3.99. The number of esters is 1. The Bertz CT molecular complexity index is 304. The second-order valence-corrected chi connectivity index (χ2v) is 5.01. The van der Waals surface area contributed by atoms with Gasteiger partial charge in [-0.15, -0.1) is 0 Å². The van der Waals surface area contributed by atoms with Crippen LogP contribution in [0.5, 0.6) is 0 Å². The highest BCUT2D eigenvalue weighted by Crippen LogP contribution is 2.36. The maximum absolute atomic E-state index is 11.6. The van der Waals surface area contributed by atoms with E-state index in [-0.39, 0.29) is 17.9 Å². The summed E-state index contributed by atoms with van der Waals surface area (Å²) in [5.74, 6) is 0.278. The number of hydrogen-bond donors (Lipinski definition) is 1. The number of carbonyl (C=O) groups is 1. The zero-order chi connectivity index (χ0) is 15.7. The van der Waals surface area contributed by atoms with E-state index < -0.39 is 5.97 Å². The van der Waals surface area contributed by atoms with Crippen LogP contribution in [0.15, 0.2) is 12.3 Å². The molecule has 0 spiro atoms. The second-order valence-electron chi connectivity index (χ2n) is 5.01. The molecule has 20 heavy (non-hydrogen) atoms. The SMILES string of the molecule is C=C(N)C(=O)OC1C(CC)CCC(CC)C1OC.CC. The summed E-state index contributed by atoms with van der Waals surface area (Å²) in [6.07, 6.45) is 3.98. The first kappa shape index (κ1) is 19.0.